The predicted molar refractivity (Wildman–Crippen MR) is 83.1 cm³/mol. The number of ether oxygens (including phenoxy) is 3. The Hall–Kier alpha value is -2.38. The molecule has 1 aliphatic rings. The van der Waals surface area contributed by atoms with E-state index >= 15 is 0 Å². The van der Waals surface area contributed by atoms with Gasteiger partial charge in [-0.05, 0) is 12.1 Å². The quantitative estimate of drug-likeness (QED) is 0.785. The lowest BCUT2D eigenvalue weighted by Gasteiger charge is -2.36. The molecule has 0 aliphatic carbocycles. The Morgan fingerprint density at radius 2 is 1.77 bits per heavy atom. The maximum absolute atomic E-state index is 5.52. The number of anilines is 4. The van der Waals surface area contributed by atoms with Crippen molar-refractivity contribution in [1.82, 2.24) is 9.97 Å². The molecule has 0 fully saturated rings. The maximum Gasteiger partial charge on any atom is 0.188 e. The largest absolute Gasteiger partial charge is 0.467 e. The Morgan fingerprint density at radius 1 is 1.00 bits per heavy atom. The van der Waals surface area contributed by atoms with Gasteiger partial charge in [0.15, 0.2) is 18.4 Å². The standard InChI is InChI=1S/C15H18N4O3/c1-18-13-8-11(22-10-21-3)4-5-12(13)19(9-20-2)15-14(18)16-6-7-17-15/h4-8H,9-10H2,1-3H3. The van der Waals surface area contributed by atoms with Crippen LogP contribution in [0.25, 0.3) is 0 Å². The molecule has 0 unspecified atom stereocenters. The molecule has 3 rings (SSSR count). The van der Waals surface area contributed by atoms with Gasteiger partial charge in [-0.25, -0.2) is 9.97 Å². The van der Waals surface area contributed by atoms with Gasteiger partial charge in [0.25, 0.3) is 0 Å². The molecule has 0 bridgehead atoms. The molecule has 116 valence electrons. The van der Waals surface area contributed by atoms with E-state index in [-0.39, 0.29) is 6.79 Å². The monoisotopic (exact) mass is 302 g/mol. The third-order valence-corrected chi connectivity index (χ3v) is 3.43. The predicted octanol–water partition coefficient (Wildman–Crippen LogP) is 2.28. The second-order valence-electron chi connectivity index (χ2n) is 4.81. The van der Waals surface area contributed by atoms with E-state index in [4.69, 9.17) is 14.2 Å². The van der Waals surface area contributed by atoms with Crippen molar-refractivity contribution in [3.63, 3.8) is 0 Å². The van der Waals surface area contributed by atoms with Gasteiger partial charge in [-0.3, -0.25) is 4.90 Å². The first-order valence-electron chi connectivity index (χ1n) is 6.83. The summed E-state index contributed by atoms with van der Waals surface area (Å²) in [4.78, 5) is 12.8. The van der Waals surface area contributed by atoms with Gasteiger partial charge in [-0.1, -0.05) is 0 Å². The van der Waals surface area contributed by atoms with Crippen molar-refractivity contribution in [3.05, 3.63) is 30.6 Å². The maximum atomic E-state index is 5.52. The summed E-state index contributed by atoms with van der Waals surface area (Å²) in [6.45, 7) is 0.603. The third kappa shape index (κ3) is 2.44. The zero-order chi connectivity index (χ0) is 15.5. The van der Waals surface area contributed by atoms with Crippen molar-refractivity contribution in [1.29, 1.82) is 0 Å². The molecule has 0 atom stereocenters. The fraction of sp³-hybridized carbons (Fsp3) is 0.333. The summed E-state index contributed by atoms with van der Waals surface area (Å²) in [5.74, 6) is 2.28. The smallest absolute Gasteiger partial charge is 0.188 e. The normalized spacial score (nSPS) is 12.9. The van der Waals surface area contributed by atoms with E-state index in [1.165, 1.54) is 0 Å². The molecule has 0 radical (unpaired) electrons. The Balaban J connectivity index is 2.05. The van der Waals surface area contributed by atoms with Crippen molar-refractivity contribution in [2.45, 2.75) is 0 Å². The number of nitrogens with zero attached hydrogens (tertiary/aromatic N) is 4. The van der Waals surface area contributed by atoms with Crippen molar-refractivity contribution in [2.24, 2.45) is 0 Å². The summed E-state index contributed by atoms with van der Waals surface area (Å²) in [7, 11) is 5.21. The molecule has 1 aromatic carbocycles. The zero-order valence-corrected chi connectivity index (χ0v) is 12.8. The van der Waals surface area contributed by atoms with E-state index in [1.807, 2.05) is 35.0 Å². The SMILES string of the molecule is COCOc1ccc2c(c1)N(C)c1nccnc1N2COC. The highest BCUT2D eigenvalue weighted by Crippen LogP contribution is 2.45. The van der Waals surface area contributed by atoms with Gasteiger partial charge in [0, 0.05) is 39.7 Å². The van der Waals surface area contributed by atoms with Crippen LogP contribution in [0.1, 0.15) is 0 Å². The number of hydrogen-bond donors (Lipinski definition) is 0. The molecule has 1 aliphatic heterocycles. The lowest BCUT2D eigenvalue weighted by molar-refractivity contribution is 0.0511. The summed E-state index contributed by atoms with van der Waals surface area (Å²) < 4.78 is 15.8. The summed E-state index contributed by atoms with van der Waals surface area (Å²) in [5.41, 5.74) is 1.96. The average molecular weight is 302 g/mol. The van der Waals surface area contributed by atoms with Crippen molar-refractivity contribution in [3.8, 4) is 5.75 Å². The molecule has 0 N–H and O–H groups in total. The number of fused-ring (bicyclic) bond motifs is 2. The van der Waals surface area contributed by atoms with Crippen molar-refractivity contribution < 1.29 is 14.2 Å². The number of rotatable bonds is 5. The lowest BCUT2D eigenvalue weighted by Crippen LogP contribution is -2.30. The first kappa shape index (κ1) is 14.6. The molecule has 22 heavy (non-hydrogen) atoms. The van der Waals surface area contributed by atoms with Crippen molar-refractivity contribution >= 4 is 23.0 Å². The summed E-state index contributed by atoms with van der Waals surface area (Å²) in [6.07, 6.45) is 3.35. The van der Waals surface area contributed by atoms with E-state index in [9.17, 15) is 0 Å². The van der Waals surface area contributed by atoms with E-state index in [2.05, 4.69) is 9.97 Å². The Labute approximate surface area is 129 Å². The highest BCUT2D eigenvalue weighted by molar-refractivity contribution is 5.89. The van der Waals surface area contributed by atoms with Crippen LogP contribution < -0.4 is 14.5 Å². The Morgan fingerprint density at radius 3 is 2.50 bits per heavy atom. The van der Waals surface area contributed by atoms with Crippen LogP contribution >= 0.6 is 0 Å². The summed E-state index contributed by atoms with van der Waals surface area (Å²) in [6, 6.07) is 5.83. The molecule has 7 heteroatoms. The topological polar surface area (TPSA) is 60.0 Å². The first-order chi connectivity index (χ1) is 10.8. The van der Waals surface area contributed by atoms with Crippen LogP contribution in [0.3, 0.4) is 0 Å². The lowest BCUT2D eigenvalue weighted by atomic mass is 10.1. The van der Waals surface area contributed by atoms with Crippen LogP contribution in [0, 0.1) is 0 Å². The van der Waals surface area contributed by atoms with Crippen LogP contribution in [-0.4, -0.2) is 44.8 Å². The third-order valence-electron chi connectivity index (χ3n) is 3.43. The minimum atomic E-state index is 0.209. The molecule has 0 spiro atoms. The van der Waals surface area contributed by atoms with Crippen LogP contribution in [-0.2, 0) is 9.47 Å². The fourth-order valence-electron chi connectivity index (χ4n) is 2.46. The van der Waals surface area contributed by atoms with Crippen LogP contribution in [0.5, 0.6) is 5.75 Å². The molecule has 0 amide bonds. The number of methoxy groups -OCH3 is 2. The van der Waals surface area contributed by atoms with Crippen LogP contribution in [0.4, 0.5) is 23.0 Å². The highest BCUT2D eigenvalue weighted by atomic mass is 16.7. The zero-order valence-electron chi connectivity index (χ0n) is 12.8. The molecule has 2 heterocycles. The molecular weight excluding hydrogens is 284 g/mol. The second-order valence-corrected chi connectivity index (χ2v) is 4.81. The van der Waals surface area contributed by atoms with Crippen molar-refractivity contribution in [2.75, 3.05) is 44.6 Å². The Bertz CT molecular complexity index is 665. The molecule has 0 saturated carbocycles. The van der Waals surface area contributed by atoms with E-state index in [0.29, 0.717) is 6.73 Å². The number of hydrogen-bond acceptors (Lipinski definition) is 7. The van der Waals surface area contributed by atoms with E-state index < -0.39 is 0 Å². The molecule has 0 saturated heterocycles. The van der Waals surface area contributed by atoms with Gasteiger partial charge >= 0.3 is 0 Å². The van der Waals surface area contributed by atoms with Crippen LogP contribution in [0.2, 0.25) is 0 Å². The average Bonchev–Trinajstić information content (AvgIpc) is 2.56. The number of aromatic nitrogens is 2. The molecule has 1 aromatic heterocycles. The van der Waals surface area contributed by atoms with E-state index in [1.54, 1.807) is 26.6 Å². The second kappa shape index (κ2) is 6.17. The van der Waals surface area contributed by atoms with Gasteiger partial charge in [-0.15, -0.1) is 0 Å². The summed E-state index contributed by atoms with van der Waals surface area (Å²) >= 11 is 0. The van der Waals surface area contributed by atoms with E-state index in [0.717, 1.165) is 28.8 Å². The van der Waals surface area contributed by atoms with Crippen LogP contribution in [0.15, 0.2) is 30.6 Å². The summed E-state index contributed by atoms with van der Waals surface area (Å²) in [5, 5.41) is 0. The van der Waals surface area contributed by atoms with Gasteiger partial charge in [0.1, 0.15) is 12.5 Å². The highest BCUT2D eigenvalue weighted by Gasteiger charge is 2.28. The van der Waals surface area contributed by atoms with Gasteiger partial charge in [0.2, 0.25) is 0 Å². The molecule has 2 aromatic rings. The van der Waals surface area contributed by atoms with Gasteiger partial charge in [0.05, 0.1) is 11.4 Å². The first-order valence-corrected chi connectivity index (χ1v) is 6.83. The van der Waals surface area contributed by atoms with Gasteiger partial charge in [-0.2, -0.15) is 0 Å². The fourth-order valence-corrected chi connectivity index (χ4v) is 2.46. The minimum Gasteiger partial charge on any atom is -0.467 e. The van der Waals surface area contributed by atoms with Gasteiger partial charge < -0.3 is 19.1 Å². The minimum absolute atomic E-state index is 0.209. The number of benzene rings is 1. The molecular formula is C15H18N4O3. The molecule has 7 nitrogen and oxygen atoms in total. The Kier molecular flexibility index (Phi) is 4.08.